The second-order valence-corrected chi connectivity index (χ2v) is 4.80. The Balaban J connectivity index is 2.30. The minimum atomic E-state index is 0.498. The summed E-state index contributed by atoms with van der Waals surface area (Å²) in [6.45, 7) is 4.12. The fourth-order valence-electron chi connectivity index (χ4n) is 1.43. The number of benzene rings is 1. The quantitative estimate of drug-likeness (QED) is 0.939. The van der Waals surface area contributed by atoms with Crippen molar-refractivity contribution in [2.75, 3.05) is 12.4 Å². The molecule has 18 heavy (non-hydrogen) atoms. The van der Waals surface area contributed by atoms with Gasteiger partial charge in [0.25, 0.3) is 0 Å². The van der Waals surface area contributed by atoms with Crippen molar-refractivity contribution in [3.05, 3.63) is 40.0 Å². The minimum Gasteiger partial charge on any atom is -0.438 e. The predicted octanol–water partition coefficient (Wildman–Crippen LogP) is 3.69. The summed E-state index contributed by atoms with van der Waals surface area (Å²) in [5.41, 5.74) is 2.42. The predicted molar refractivity (Wildman–Crippen MR) is 75.3 cm³/mol. The van der Waals surface area contributed by atoms with Gasteiger partial charge in [0.2, 0.25) is 11.8 Å². The number of aryl methyl sites for hydroxylation is 2. The van der Waals surface area contributed by atoms with Crippen LogP contribution < -0.4 is 10.1 Å². The van der Waals surface area contributed by atoms with Crippen LogP contribution in [0.15, 0.2) is 28.9 Å². The standard InChI is InChI=1S/C13H14BrN3O/c1-8-4-5-10(6-9(8)2)18-12-11(14)7-16-13(15-3)17-12/h4-7H,1-3H3,(H,15,16,17). The maximum Gasteiger partial charge on any atom is 0.238 e. The van der Waals surface area contributed by atoms with Crippen molar-refractivity contribution in [1.82, 2.24) is 9.97 Å². The molecule has 0 aliphatic heterocycles. The topological polar surface area (TPSA) is 47.0 Å². The molecule has 0 unspecified atom stereocenters. The second kappa shape index (κ2) is 5.35. The minimum absolute atomic E-state index is 0.498. The summed E-state index contributed by atoms with van der Waals surface area (Å²) in [5, 5.41) is 2.88. The highest BCUT2D eigenvalue weighted by Crippen LogP contribution is 2.28. The lowest BCUT2D eigenvalue weighted by Crippen LogP contribution is -1.98. The van der Waals surface area contributed by atoms with Gasteiger partial charge in [0, 0.05) is 7.05 Å². The third-order valence-electron chi connectivity index (χ3n) is 2.63. The van der Waals surface area contributed by atoms with E-state index in [-0.39, 0.29) is 0 Å². The first-order chi connectivity index (χ1) is 8.60. The summed E-state index contributed by atoms with van der Waals surface area (Å²) < 4.78 is 6.47. The van der Waals surface area contributed by atoms with Crippen molar-refractivity contribution in [3.8, 4) is 11.6 Å². The molecule has 0 amide bonds. The molecule has 0 aliphatic rings. The summed E-state index contributed by atoms with van der Waals surface area (Å²) in [6.07, 6.45) is 1.66. The number of hydrogen-bond acceptors (Lipinski definition) is 4. The molecule has 0 spiro atoms. The van der Waals surface area contributed by atoms with Crippen LogP contribution in [0.2, 0.25) is 0 Å². The van der Waals surface area contributed by atoms with Gasteiger partial charge in [-0.1, -0.05) is 6.07 Å². The molecule has 0 aliphatic carbocycles. The van der Waals surface area contributed by atoms with Crippen LogP contribution in [0.4, 0.5) is 5.95 Å². The largest absolute Gasteiger partial charge is 0.438 e. The molecular weight excluding hydrogens is 294 g/mol. The smallest absolute Gasteiger partial charge is 0.238 e. The van der Waals surface area contributed by atoms with E-state index in [9.17, 15) is 0 Å². The zero-order chi connectivity index (χ0) is 13.1. The number of aromatic nitrogens is 2. The Morgan fingerprint density at radius 1 is 1.22 bits per heavy atom. The molecule has 0 saturated heterocycles. The number of ether oxygens (including phenoxy) is 1. The van der Waals surface area contributed by atoms with Crippen LogP contribution in [0.1, 0.15) is 11.1 Å². The molecule has 4 nitrogen and oxygen atoms in total. The van der Waals surface area contributed by atoms with E-state index in [0.717, 1.165) is 10.2 Å². The van der Waals surface area contributed by atoms with Gasteiger partial charge in [-0.2, -0.15) is 4.98 Å². The Kier molecular flexibility index (Phi) is 3.81. The molecule has 1 heterocycles. The molecule has 5 heteroatoms. The molecule has 2 rings (SSSR count). The third kappa shape index (κ3) is 2.79. The molecule has 2 aromatic rings. The van der Waals surface area contributed by atoms with E-state index in [2.05, 4.69) is 45.1 Å². The van der Waals surface area contributed by atoms with Crippen molar-refractivity contribution in [1.29, 1.82) is 0 Å². The summed E-state index contributed by atoms with van der Waals surface area (Å²) in [7, 11) is 1.77. The highest BCUT2D eigenvalue weighted by atomic mass is 79.9. The second-order valence-electron chi connectivity index (χ2n) is 3.94. The average molecular weight is 308 g/mol. The molecule has 1 aromatic carbocycles. The third-order valence-corrected chi connectivity index (χ3v) is 3.17. The van der Waals surface area contributed by atoms with E-state index in [4.69, 9.17) is 4.74 Å². The maximum absolute atomic E-state index is 5.75. The molecule has 0 saturated carbocycles. The van der Waals surface area contributed by atoms with E-state index in [1.165, 1.54) is 11.1 Å². The van der Waals surface area contributed by atoms with Crippen molar-refractivity contribution in [3.63, 3.8) is 0 Å². The van der Waals surface area contributed by atoms with Gasteiger partial charge in [0.05, 0.1) is 10.7 Å². The van der Waals surface area contributed by atoms with Gasteiger partial charge in [-0.15, -0.1) is 0 Å². The van der Waals surface area contributed by atoms with Gasteiger partial charge in [0.1, 0.15) is 5.75 Å². The highest BCUT2D eigenvalue weighted by molar-refractivity contribution is 9.10. The summed E-state index contributed by atoms with van der Waals surface area (Å²) in [4.78, 5) is 8.33. The Hall–Kier alpha value is -1.62. The number of halogens is 1. The molecule has 0 fully saturated rings. The van der Waals surface area contributed by atoms with Crippen molar-refractivity contribution in [2.45, 2.75) is 13.8 Å². The van der Waals surface area contributed by atoms with Gasteiger partial charge in [-0.3, -0.25) is 0 Å². The number of nitrogens with zero attached hydrogens (tertiary/aromatic N) is 2. The van der Waals surface area contributed by atoms with E-state index in [1.54, 1.807) is 13.2 Å². The zero-order valence-electron chi connectivity index (χ0n) is 10.5. The first-order valence-corrected chi connectivity index (χ1v) is 6.35. The van der Waals surface area contributed by atoms with E-state index >= 15 is 0 Å². The zero-order valence-corrected chi connectivity index (χ0v) is 12.1. The van der Waals surface area contributed by atoms with Crippen LogP contribution in [0.5, 0.6) is 11.6 Å². The number of hydrogen-bond donors (Lipinski definition) is 1. The van der Waals surface area contributed by atoms with Crippen LogP contribution in [0.25, 0.3) is 0 Å². The van der Waals surface area contributed by atoms with Crippen molar-refractivity contribution >= 4 is 21.9 Å². The van der Waals surface area contributed by atoms with Crippen LogP contribution in [0, 0.1) is 13.8 Å². The van der Waals surface area contributed by atoms with E-state index < -0.39 is 0 Å². The van der Waals surface area contributed by atoms with Gasteiger partial charge in [0.15, 0.2) is 0 Å². The lowest BCUT2D eigenvalue weighted by molar-refractivity contribution is 0.458. The highest BCUT2D eigenvalue weighted by Gasteiger charge is 2.07. The van der Waals surface area contributed by atoms with E-state index in [1.807, 2.05) is 18.2 Å². The molecular formula is C13H14BrN3O. The molecule has 94 valence electrons. The van der Waals surface area contributed by atoms with E-state index in [0.29, 0.717) is 11.8 Å². The Morgan fingerprint density at radius 3 is 2.67 bits per heavy atom. The van der Waals surface area contributed by atoms with Crippen LogP contribution >= 0.6 is 15.9 Å². The van der Waals surface area contributed by atoms with Crippen molar-refractivity contribution in [2.24, 2.45) is 0 Å². The Morgan fingerprint density at radius 2 is 2.00 bits per heavy atom. The summed E-state index contributed by atoms with van der Waals surface area (Å²) in [6, 6.07) is 5.94. The Bertz CT molecular complexity index is 572. The maximum atomic E-state index is 5.75. The first kappa shape index (κ1) is 12.8. The van der Waals surface area contributed by atoms with Crippen LogP contribution in [-0.4, -0.2) is 17.0 Å². The van der Waals surface area contributed by atoms with Gasteiger partial charge in [-0.05, 0) is 53.0 Å². The molecule has 0 bridgehead atoms. The molecule has 1 N–H and O–H groups in total. The van der Waals surface area contributed by atoms with Gasteiger partial charge in [-0.25, -0.2) is 4.98 Å². The van der Waals surface area contributed by atoms with Gasteiger partial charge < -0.3 is 10.1 Å². The van der Waals surface area contributed by atoms with Crippen molar-refractivity contribution < 1.29 is 4.74 Å². The lowest BCUT2D eigenvalue weighted by atomic mass is 10.1. The number of anilines is 1. The summed E-state index contributed by atoms with van der Waals surface area (Å²) >= 11 is 3.37. The average Bonchev–Trinajstić information content (AvgIpc) is 2.36. The first-order valence-electron chi connectivity index (χ1n) is 5.55. The summed E-state index contributed by atoms with van der Waals surface area (Å²) in [5.74, 6) is 1.79. The number of nitrogens with one attached hydrogen (secondary N) is 1. The molecule has 1 aromatic heterocycles. The van der Waals surface area contributed by atoms with Gasteiger partial charge >= 0.3 is 0 Å². The SMILES string of the molecule is CNc1ncc(Br)c(Oc2ccc(C)c(C)c2)n1. The van der Waals surface area contributed by atoms with Crippen LogP contribution in [-0.2, 0) is 0 Å². The fraction of sp³-hybridized carbons (Fsp3) is 0.231. The lowest BCUT2D eigenvalue weighted by Gasteiger charge is -2.09. The molecule has 0 atom stereocenters. The fourth-order valence-corrected chi connectivity index (χ4v) is 1.70. The normalized spacial score (nSPS) is 10.2. The molecule has 0 radical (unpaired) electrons. The van der Waals surface area contributed by atoms with Crippen LogP contribution in [0.3, 0.4) is 0 Å². The monoisotopic (exact) mass is 307 g/mol. The Labute approximate surface area is 115 Å². The number of rotatable bonds is 3.